The quantitative estimate of drug-likeness (QED) is 0.382. The Bertz CT molecular complexity index is 899. The van der Waals surface area contributed by atoms with Crippen molar-refractivity contribution in [2.75, 3.05) is 12.4 Å². The van der Waals surface area contributed by atoms with Crippen LogP contribution in [0.2, 0.25) is 0 Å². The van der Waals surface area contributed by atoms with Gasteiger partial charge in [0, 0.05) is 23.3 Å². The Kier molecular flexibility index (Phi) is 6.08. The lowest BCUT2D eigenvalue weighted by Gasteiger charge is -2.08. The highest BCUT2D eigenvalue weighted by Gasteiger charge is 2.12. The van der Waals surface area contributed by atoms with Crippen LogP contribution in [-0.2, 0) is 17.0 Å². The molecule has 3 aromatic rings. The second kappa shape index (κ2) is 8.68. The third-order valence-corrected chi connectivity index (χ3v) is 5.40. The van der Waals surface area contributed by atoms with E-state index in [2.05, 4.69) is 10.3 Å². The molecular weight excluding hydrogens is 370 g/mol. The summed E-state index contributed by atoms with van der Waals surface area (Å²) in [5.74, 6) is 1.05. The zero-order chi connectivity index (χ0) is 18.4. The Morgan fingerprint density at radius 2 is 2.12 bits per heavy atom. The molecule has 0 aliphatic rings. The number of anilines is 1. The predicted molar refractivity (Wildman–Crippen MR) is 102 cm³/mol. The molecule has 3 rings (SSSR count). The Morgan fingerprint density at radius 3 is 2.92 bits per heavy atom. The van der Waals surface area contributed by atoms with Crippen LogP contribution in [0.3, 0.4) is 0 Å². The lowest BCUT2D eigenvalue weighted by Crippen LogP contribution is -2.27. The number of rotatable bonds is 7. The fourth-order valence-corrected chi connectivity index (χ4v) is 3.95. The van der Waals surface area contributed by atoms with E-state index < -0.39 is 0 Å². The molecule has 26 heavy (non-hydrogen) atoms. The number of carbonyl (C=O) groups excluding carboxylic acids is 1. The molecule has 0 saturated heterocycles. The maximum Gasteiger partial charge on any atom is 0.251 e. The second-order valence-corrected chi connectivity index (χ2v) is 7.25. The van der Waals surface area contributed by atoms with Crippen LogP contribution in [0.15, 0.2) is 59.1 Å². The van der Waals surface area contributed by atoms with Crippen molar-refractivity contribution in [3.63, 3.8) is 0 Å². The highest BCUT2D eigenvalue weighted by molar-refractivity contribution is 7.98. The van der Waals surface area contributed by atoms with E-state index in [-0.39, 0.29) is 12.3 Å². The van der Waals surface area contributed by atoms with Crippen LogP contribution in [-0.4, -0.2) is 18.0 Å². The maximum absolute atomic E-state index is 12.2. The van der Waals surface area contributed by atoms with E-state index in [1.807, 2.05) is 23.6 Å². The van der Waals surface area contributed by atoms with Crippen LogP contribution in [0.25, 0.3) is 0 Å². The number of nitrogens with one attached hydrogen (secondary N) is 1. The average Bonchev–Trinajstić information content (AvgIpc) is 3.08. The first kappa shape index (κ1) is 18.2. The number of methoxy groups -OCH3 is 1. The molecule has 1 N–H and O–H groups in total. The SMILES string of the molecule is COc1ccccc1NC(=O)Cc1nc(CSc2cccc[n+]2[O-])cs1. The number of thioether (sulfide) groups is 1. The molecule has 1 aromatic carbocycles. The van der Waals surface area contributed by atoms with E-state index in [0.717, 1.165) is 15.4 Å². The van der Waals surface area contributed by atoms with Gasteiger partial charge in [0.15, 0.2) is 6.20 Å². The van der Waals surface area contributed by atoms with Crippen molar-refractivity contribution >= 4 is 34.7 Å². The van der Waals surface area contributed by atoms with Crippen LogP contribution in [0.4, 0.5) is 5.69 Å². The van der Waals surface area contributed by atoms with Gasteiger partial charge in [-0.05, 0) is 30.0 Å². The summed E-state index contributed by atoms with van der Waals surface area (Å²) in [6.45, 7) is 0. The minimum Gasteiger partial charge on any atom is -0.618 e. The van der Waals surface area contributed by atoms with Crippen LogP contribution in [0, 0.1) is 5.21 Å². The third kappa shape index (κ3) is 4.74. The molecule has 0 unspecified atom stereocenters. The second-order valence-electron chi connectivity index (χ2n) is 5.31. The van der Waals surface area contributed by atoms with Crippen molar-refractivity contribution in [3.05, 3.63) is 70.0 Å². The minimum atomic E-state index is -0.150. The van der Waals surface area contributed by atoms with Crippen LogP contribution in [0.5, 0.6) is 5.75 Å². The van der Waals surface area contributed by atoms with Gasteiger partial charge in [0.2, 0.25) is 5.91 Å². The molecule has 0 radical (unpaired) electrons. The van der Waals surface area contributed by atoms with Gasteiger partial charge in [-0.3, -0.25) is 4.79 Å². The fraction of sp³-hybridized carbons (Fsp3) is 0.167. The van der Waals surface area contributed by atoms with Crippen LogP contribution >= 0.6 is 23.1 Å². The molecule has 0 aliphatic heterocycles. The summed E-state index contributed by atoms with van der Waals surface area (Å²) >= 11 is 2.85. The largest absolute Gasteiger partial charge is 0.618 e. The monoisotopic (exact) mass is 387 g/mol. The maximum atomic E-state index is 12.2. The molecule has 1 amide bonds. The normalized spacial score (nSPS) is 10.5. The van der Waals surface area contributed by atoms with Gasteiger partial charge in [0.05, 0.1) is 24.9 Å². The number of para-hydroxylation sites is 2. The number of pyridine rings is 1. The van der Waals surface area contributed by atoms with Crippen molar-refractivity contribution in [3.8, 4) is 5.75 Å². The first-order valence-electron chi connectivity index (χ1n) is 7.83. The smallest absolute Gasteiger partial charge is 0.251 e. The molecule has 0 saturated carbocycles. The van der Waals surface area contributed by atoms with Gasteiger partial charge >= 0.3 is 0 Å². The standard InChI is InChI=1S/C18H17N3O3S2/c1-24-15-7-3-2-6-14(15)20-16(22)10-17-19-13(11-25-17)12-26-18-8-4-5-9-21(18)23/h2-9,11H,10,12H2,1H3,(H,20,22). The van der Waals surface area contributed by atoms with Crippen molar-refractivity contribution in [2.24, 2.45) is 0 Å². The number of amides is 1. The molecule has 0 bridgehead atoms. The van der Waals surface area contributed by atoms with E-state index in [4.69, 9.17) is 4.74 Å². The number of ether oxygens (including phenoxy) is 1. The number of thiazole rings is 1. The molecule has 0 spiro atoms. The van der Waals surface area contributed by atoms with Crippen molar-refractivity contribution in [2.45, 2.75) is 17.2 Å². The van der Waals surface area contributed by atoms with Crippen molar-refractivity contribution < 1.29 is 14.3 Å². The summed E-state index contributed by atoms with van der Waals surface area (Å²) in [5, 5.41) is 17.7. The summed E-state index contributed by atoms with van der Waals surface area (Å²) < 4.78 is 6.06. The number of aromatic nitrogens is 2. The molecular formula is C18H17N3O3S2. The molecule has 0 fully saturated rings. The van der Waals surface area contributed by atoms with E-state index in [0.29, 0.717) is 22.2 Å². The summed E-state index contributed by atoms with van der Waals surface area (Å²) in [5.41, 5.74) is 1.49. The summed E-state index contributed by atoms with van der Waals surface area (Å²) in [7, 11) is 1.56. The van der Waals surface area contributed by atoms with E-state index in [1.165, 1.54) is 29.3 Å². The highest BCUT2D eigenvalue weighted by Crippen LogP contribution is 2.24. The summed E-state index contributed by atoms with van der Waals surface area (Å²) in [6.07, 6.45) is 1.66. The zero-order valence-electron chi connectivity index (χ0n) is 14.0. The highest BCUT2D eigenvalue weighted by atomic mass is 32.2. The number of hydrogen-bond donors (Lipinski definition) is 1. The van der Waals surface area contributed by atoms with Gasteiger partial charge in [-0.25, -0.2) is 4.98 Å². The Balaban J connectivity index is 1.56. The Morgan fingerprint density at radius 1 is 1.31 bits per heavy atom. The predicted octanol–water partition coefficient (Wildman–Crippen LogP) is 3.26. The van der Waals surface area contributed by atoms with E-state index in [1.54, 1.807) is 31.4 Å². The average molecular weight is 387 g/mol. The lowest BCUT2D eigenvalue weighted by molar-refractivity contribution is -0.645. The lowest BCUT2D eigenvalue weighted by atomic mass is 10.3. The zero-order valence-corrected chi connectivity index (χ0v) is 15.7. The molecule has 6 nitrogen and oxygen atoms in total. The van der Waals surface area contributed by atoms with Gasteiger partial charge < -0.3 is 15.3 Å². The first-order valence-corrected chi connectivity index (χ1v) is 9.69. The van der Waals surface area contributed by atoms with Crippen molar-refractivity contribution in [1.29, 1.82) is 0 Å². The minimum absolute atomic E-state index is 0.150. The molecule has 2 aromatic heterocycles. The number of hydrogen-bond acceptors (Lipinski definition) is 6. The van der Waals surface area contributed by atoms with Crippen molar-refractivity contribution in [1.82, 2.24) is 4.98 Å². The summed E-state index contributed by atoms with van der Waals surface area (Å²) in [4.78, 5) is 16.7. The topological polar surface area (TPSA) is 78.2 Å². The van der Waals surface area contributed by atoms with Gasteiger partial charge in [0.25, 0.3) is 5.03 Å². The first-order chi connectivity index (χ1) is 12.7. The fourth-order valence-electron chi connectivity index (χ4n) is 2.25. The molecule has 134 valence electrons. The Hall–Kier alpha value is -2.58. The van der Waals surface area contributed by atoms with E-state index >= 15 is 0 Å². The number of carbonyl (C=O) groups is 1. The van der Waals surface area contributed by atoms with E-state index in [9.17, 15) is 10.0 Å². The number of benzene rings is 1. The molecule has 0 atom stereocenters. The van der Waals surface area contributed by atoms with Gasteiger partial charge in [0.1, 0.15) is 10.8 Å². The molecule has 0 aliphatic carbocycles. The third-order valence-electron chi connectivity index (χ3n) is 3.45. The number of nitrogens with zero attached hydrogens (tertiary/aromatic N) is 2. The van der Waals surface area contributed by atoms with Gasteiger partial charge in [-0.1, -0.05) is 12.1 Å². The van der Waals surface area contributed by atoms with Crippen LogP contribution < -0.4 is 14.8 Å². The van der Waals surface area contributed by atoms with Crippen LogP contribution in [0.1, 0.15) is 10.7 Å². The Labute approximate surface area is 159 Å². The summed E-state index contributed by atoms with van der Waals surface area (Å²) in [6, 6.07) is 12.6. The van der Waals surface area contributed by atoms with Gasteiger partial charge in [-0.15, -0.1) is 11.3 Å². The molecule has 2 heterocycles. The van der Waals surface area contributed by atoms with Gasteiger partial charge in [-0.2, -0.15) is 4.73 Å². The molecule has 8 heteroatoms.